The standard InChI is InChI=1S/C40H43N5O5/c1-40(2,3)50-39(48)45-20-8-12-36(45)37(46)41-32-18-17-29-21-30(22-31(29)23-32)27-13-15-28(16-14-27)33-24-34(43-42-33)35-11-7-19-44(35)38(47)49-25-26-9-5-4-6-10-26/h4-6,9-10,13-18,22-24,35-36H,7-8,11-12,19-21,25H2,1-3H3,(H,41,46)(H,42,43)/t35-,36-/m0/s1. The smallest absolute Gasteiger partial charge is 0.410 e. The summed E-state index contributed by atoms with van der Waals surface area (Å²) in [6.07, 6.45) is 5.34. The van der Waals surface area contributed by atoms with Crippen molar-refractivity contribution in [2.75, 3.05) is 18.4 Å². The summed E-state index contributed by atoms with van der Waals surface area (Å²) in [4.78, 5) is 42.2. The summed E-state index contributed by atoms with van der Waals surface area (Å²) in [6, 6.07) is 25.4. The zero-order valence-corrected chi connectivity index (χ0v) is 28.8. The van der Waals surface area contributed by atoms with Gasteiger partial charge in [0.2, 0.25) is 5.91 Å². The maximum Gasteiger partial charge on any atom is 0.410 e. The maximum absolute atomic E-state index is 13.2. The van der Waals surface area contributed by atoms with Gasteiger partial charge in [0.15, 0.2) is 0 Å². The van der Waals surface area contributed by atoms with Crippen molar-refractivity contribution in [2.24, 2.45) is 0 Å². The second-order valence-electron chi connectivity index (χ2n) is 14.3. The molecule has 2 N–H and O–H groups in total. The molecule has 10 nitrogen and oxygen atoms in total. The summed E-state index contributed by atoms with van der Waals surface area (Å²) in [5.41, 5.74) is 8.34. The van der Waals surface area contributed by atoms with E-state index in [1.54, 1.807) is 4.90 Å². The zero-order valence-electron chi connectivity index (χ0n) is 28.8. The average Bonchev–Trinajstić information content (AvgIpc) is 3.92. The van der Waals surface area contributed by atoms with Gasteiger partial charge in [0, 0.05) is 24.3 Å². The van der Waals surface area contributed by atoms with Crippen molar-refractivity contribution < 1.29 is 23.9 Å². The van der Waals surface area contributed by atoms with Crippen LogP contribution in [0.15, 0.2) is 78.9 Å². The summed E-state index contributed by atoms with van der Waals surface area (Å²) in [7, 11) is 0. The minimum Gasteiger partial charge on any atom is -0.445 e. The first-order valence-corrected chi connectivity index (χ1v) is 17.4. The molecule has 1 aromatic heterocycles. The van der Waals surface area contributed by atoms with Crippen LogP contribution in [0.5, 0.6) is 0 Å². The number of allylic oxidation sites excluding steroid dienone is 1. The van der Waals surface area contributed by atoms with Gasteiger partial charge in [0.25, 0.3) is 0 Å². The van der Waals surface area contributed by atoms with Gasteiger partial charge >= 0.3 is 12.2 Å². The lowest BCUT2D eigenvalue weighted by Crippen LogP contribution is -2.45. The number of ether oxygens (including phenoxy) is 2. The summed E-state index contributed by atoms with van der Waals surface area (Å²) in [5.74, 6) is -0.198. The molecule has 2 saturated heterocycles. The monoisotopic (exact) mass is 673 g/mol. The molecule has 50 heavy (non-hydrogen) atoms. The Bertz CT molecular complexity index is 1910. The Labute approximate surface area is 292 Å². The predicted octanol–water partition coefficient (Wildman–Crippen LogP) is 7.99. The van der Waals surface area contributed by atoms with E-state index in [4.69, 9.17) is 9.47 Å². The number of carbonyl (C=O) groups is 3. The third kappa shape index (κ3) is 7.29. The number of benzene rings is 3. The third-order valence-electron chi connectivity index (χ3n) is 9.51. The van der Waals surface area contributed by atoms with E-state index < -0.39 is 17.7 Å². The molecule has 3 aliphatic rings. The lowest BCUT2D eigenvalue weighted by molar-refractivity contribution is -0.120. The highest BCUT2D eigenvalue weighted by Crippen LogP contribution is 2.36. The van der Waals surface area contributed by atoms with Gasteiger partial charge in [0.1, 0.15) is 18.2 Å². The number of nitrogens with one attached hydrogen (secondary N) is 2. The van der Waals surface area contributed by atoms with E-state index in [1.807, 2.05) is 69.3 Å². The number of carbonyl (C=O) groups excluding carboxylic acids is 3. The van der Waals surface area contributed by atoms with Crippen LogP contribution in [-0.2, 0) is 27.3 Å². The molecule has 4 aromatic rings. The molecular formula is C40H43N5O5. The Morgan fingerprint density at radius 2 is 1.62 bits per heavy atom. The van der Waals surface area contributed by atoms with Crippen molar-refractivity contribution in [3.05, 3.63) is 107 Å². The van der Waals surface area contributed by atoms with Crippen LogP contribution >= 0.6 is 0 Å². The number of rotatable bonds is 7. The first kappa shape index (κ1) is 33.1. The number of likely N-dealkylation sites (tertiary alicyclic amines) is 2. The van der Waals surface area contributed by atoms with Gasteiger partial charge < -0.3 is 14.8 Å². The van der Waals surface area contributed by atoms with Gasteiger partial charge in [-0.3, -0.25) is 19.7 Å². The third-order valence-corrected chi connectivity index (χ3v) is 9.51. The van der Waals surface area contributed by atoms with Crippen molar-refractivity contribution in [1.82, 2.24) is 20.0 Å². The second kappa shape index (κ2) is 13.9. The molecule has 7 rings (SSSR count). The van der Waals surface area contributed by atoms with Crippen LogP contribution in [0, 0.1) is 0 Å². The molecule has 0 bridgehead atoms. The molecule has 2 atom stereocenters. The van der Waals surface area contributed by atoms with E-state index in [2.05, 4.69) is 51.9 Å². The minimum atomic E-state index is -0.618. The number of anilines is 1. The van der Waals surface area contributed by atoms with E-state index >= 15 is 0 Å². The van der Waals surface area contributed by atoms with Crippen molar-refractivity contribution in [2.45, 2.75) is 77.2 Å². The average molecular weight is 674 g/mol. The Morgan fingerprint density at radius 3 is 2.40 bits per heavy atom. The van der Waals surface area contributed by atoms with Crippen LogP contribution in [0.4, 0.5) is 15.3 Å². The Morgan fingerprint density at radius 1 is 0.880 bits per heavy atom. The molecule has 10 heteroatoms. The highest BCUT2D eigenvalue weighted by Gasteiger charge is 2.37. The van der Waals surface area contributed by atoms with E-state index in [0.29, 0.717) is 25.2 Å². The highest BCUT2D eigenvalue weighted by molar-refractivity contribution is 5.98. The lowest BCUT2D eigenvalue weighted by atomic mass is 10.0. The van der Waals surface area contributed by atoms with E-state index in [0.717, 1.165) is 59.3 Å². The number of H-pyrrole nitrogens is 1. The highest BCUT2D eigenvalue weighted by atomic mass is 16.6. The quantitative estimate of drug-likeness (QED) is 0.206. The number of aromatic nitrogens is 2. The fourth-order valence-electron chi connectivity index (χ4n) is 7.02. The van der Waals surface area contributed by atoms with Crippen LogP contribution in [0.3, 0.4) is 0 Å². The number of fused-ring (bicyclic) bond motifs is 1. The van der Waals surface area contributed by atoms with Crippen LogP contribution in [0.25, 0.3) is 22.9 Å². The molecule has 0 radical (unpaired) electrons. The summed E-state index contributed by atoms with van der Waals surface area (Å²) in [6.45, 7) is 6.89. The molecular weight excluding hydrogens is 630 g/mol. The van der Waals surface area contributed by atoms with Crippen LogP contribution in [0.1, 0.15) is 80.4 Å². The summed E-state index contributed by atoms with van der Waals surface area (Å²) >= 11 is 0. The van der Waals surface area contributed by atoms with Crippen LogP contribution in [0.2, 0.25) is 0 Å². The van der Waals surface area contributed by atoms with E-state index in [-0.39, 0.29) is 24.6 Å². The number of hydrogen-bond acceptors (Lipinski definition) is 6. The van der Waals surface area contributed by atoms with E-state index in [1.165, 1.54) is 16.0 Å². The SMILES string of the molecule is CC(C)(C)OC(=O)N1CCC[C@H]1C(=O)Nc1ccc2c(c1)C=C(c1ccc(-c3cc([C@@H]4CCCN4C(=O)OCc4ccccc4)[nH]n3)cc1)C2. The number of nitrogens with zero attached hydrogens (tertiary/aromatic N) is 3. The van der Waals surface area contributed by atoms with E-state index in [9.17, 15) is 14.4 Å². The van der Waals surface area contributed by atoms with Gasteiger partial charge in [-0.15, -0.1) is 0 Å². The zero-order chi connectivity index (χ0) is 34.8. The topological polar surface area (TPSA) is 117 Å². The van der Waals surface area contributed by atoms with Gasteiger partial charge in [-0.25, -0.2) is 9.59 Å². The molecule has 0 unspecified atom stereocenters. The fraction of sp³-hybridized carbons (Fsp3) is 0.350. The summed E-state index contributed by atoms with van der Waals surface area (Å²) < 4.78 is 11.2. The Balaban J connectivity index is 0.975. The van der Waals surface area contributed by atoms with Crippen molar-refractivity contribution >= 4 is 35.4 Å². The minimum absolute atomic E-state index is 0.0994. The molecule has 1 aliphatic carbocycles. The van der Waals surface area contributed by atoms with Crippen LogP contribution in [-0.4, -0.2) is 62.8 Å². The number of aromatic amines is 1. The predicted molar refractivity (Wildman–Crippen MR) is 192 cm³/mol. The van der Waals surface area contributed by atoms with Gasteiger partial charge in [0.05, 0.1) is 17.4 Å². The van der Waals surface area contributed by atoms with Crippen molar-refractivity contribution in [3.8, 4) is 11.3 Å². The molecule has 0 spiro atoms. The Hall–Kier alpha value is -5.38. The molecule has 3 amide bonds. The van der Waals surface area contributed by atoms with Gasteiger partial charge in [-0.05, 0) is 98.9 Å². The van der Waals surface area contributed by atoms with Crippen LogP contribution < -0.4 is 5.32 Å². The normalized spacial score (nSPS) is 18.5. The largest absolute Gasteiger partial charge is 0.445 e. The summed E-state index contributed by atoms with van der Waals surface area (Å²) in [5, 5.41) is 10.8. The van der Waals surface area contributed by atoms with Crippen molar-refractivity contribution in [1.29, 1.82) is 0 Å². The molecule has 3 aromatic carbocycles. The number of hydrogen-bond donors (Lipinski definition) is 2. The molecule has 258 valence electrons. The first-order valence-electron chi connectivity index (χ1n) is 17.4. The number of amides is 3. The maximum atomic E-state index is 13.2. The first-order chi connectivity index (χ1) is 24.1. The fourth-order valence-corrected chi connectivity index (χ4v) is 7.02. The molecule has 2 aliphatic heterocycles. The van der Waals surface area contributed by atoms with Crippen molar-refractivity contribution in [3.63, 3.8) is 0 Å². The molecule has 2 fully saturated rings. The van der Waals surface area contributed by atoms with Gasteiger partial charge in [-0.1, -0.05) is 66.7 Å². The second-order valence-corrected chi connectivity index (χ2v) is 14.3. The molecule has 3 heterocycles. The lowest BCUT2D eigenvalue weighted by Gasteiger charge is -2.28. The Kier molecular flexibility index (Phi) is 9.18. The molecule has 0 saturated carbocycles. The van der Waals surface area contributed by atoms with Gasteiger partial charge in [-0.2, -0.15) is 5.10 Å².